The monoisotopic (exact) mass is 411 g/mol. The average Bonchev–Trinajstić information content (AvgIpc) is 2.93. The topological polar surface area (TPSA) is 83.9 Å². The molecule has 29 heavy (non-hydrogen) atoms. The molecule has 0 unspecified atom stereocenters. The zero-order valence-corrected chi connectivity index (χ0v) is 16.6. The van der Waals surface area contributed by atoms with Crippen LogP contribution >= 0.6 is 11.6 Å². The first-order chi connectivity index (χ1) is 13.8. The van der Waals surface area contributed by atoms with Crippen molar-refractivity contribution in [3.8, 4) is 0 Å². The van der Waals surface area contributed by atoms with Gasteiger partial charge in [0.05, 0.1) is 23.3 Å². The number of aromatic carboxylic acids is 1. The molecule has 2 aromatic rings. The first kappa shape index (κ1) is 20.4. The lowest BCUT2D eigenvalue weighted by Gasteiger charge is -2.17. The number of esters is 1. The van der Waals surface area contributed by atoms with E-state index in [1.807, 2.05) is 0 Å². The zero-order valence-electron chi connectivity index (χ0n) is 15.8. The normalized spacial score (nSPS) is 15.2. The summed E-state index contributed by atoms with van der Waals surface area (Å²) in [4.78, 5) is 38.2. The SMILES string of the molecule is CCOC(=O)C1=C(C)N(c2ccc(Cl)cc2)C(=O)/C1=C\c1ccc(C(=O)O)cc1. The maximum atomic E-state index is 13.2. The van der Waals surface area contributed by atoms with Gasteiger partial charge < -0.3 is 9.84 Å². The molecule has 3 rings (SSSR count). The molecule has 0 fully saturated rings. The first-order valence-corrected chi connectivity index (χ1v) is 9.24. The fourth-order valence-corrected chi connectivity index (χ4v) is 3.20. The van der Waals surface area contributed by atoms with Gasteiger partial charge in [-0.2, -0.15) is 0 Å². The molecule has 7 heteroatoms. The number of halogens is 1. The van der Waals surface area contributed by atoms with Crippen molar-refractivity contribution in [3.05, 3.63) is 81.5 Å². The van der Waals surface area contributed by atoms with Crippen molar-refractivity contribution >= 4 is 41.2 Å². The molecule has 0 atom stereocenters. The standard InChI is InChI=1S/C22H18ClNO5/c1-3-29-22(28)19-13(2)24(17-10-8-16(23)9-11-17)20(25)18(19)12-14-4-6-15(7-5-14)21(26)27/h4-12H,3H2,1-2H3,(H,26,27)/b18-12-. The number of ether oxygens (including phenoxy) is 1. The van der Waals surface area contributed by atoms with Gasteiger partial charge in [0.2, 0.25) is 0 Å². The van der Waals surface area contributed by atoms with Gasteiger partial charge in [-0.05, 0) is 61.9 Å². The predicted molar refractivity (Wildman–Crippen MR) is 110 cm³/mol. The molecule has 2 aromatic carbocycles. The second-order valence-electron chi connectivity index (χ2n) is 6.28. The Morgan fingerprint density at radius 2 is 1.72 bits per heavy atom. The van der Waals surface area contributed by atoms with Crippen molar-refractivity contribution in [2.24, 2.45) is 0 Å². The molecule has 1 heterocycles. The number of hydrogen-bond acceptors (Lipinski definition) is 4. The number of carbonyl (C=O) groups is 3. The summed E-state index contributed by atoms with van der Waals surface area (Å²) in [6, 6.07) is 12.7. The number of carbonyl (C=O) groups excluding carboxylic acids is 2. The van der Waals surface area contributed by atoms with Gasteiger partial charge in [0.25, 0.3) is 5.91 Å². The molecular weight excluding hydrogens is 394 g/mol. The third-order valence-corrected chi connectivity index (χ3v) is 4.69. The minimum atomic E-state index is -1.04. The third-order valence-electron chi connectivity index (χ3n) is 4.43. The number of rotatable bonds is 5. The van der Waals surface area contributed by atoms with Gasteiger partial charge in [-0.25, -0.2) is 9.59 Å². The highest BCUT2D eigenvalue weighted by atomic mass is 35.5. The summed E-state index contributed by atoms with van der Waals surface area (Å²) in [6.07, 6.45) is 1.56. The van der Waals surface area contributed by atoms with E-state index < -0.39 is 11.9 Å². The Balaban J connectivity index is 2.08. The Bertz CT molecular complexity index is 1040. The predicted octanol–water partition coefficient (Wildman–Crippen LogP) is 4.31. The molecule has 0 aromatic heterocycles. The number of benzene rings is 2. The van der Waals surface area contributed by atoms with Gasteiger partial charge in [-0.3, -0.25) is 9.69 Å². The highest BCUT2D eigenvalue weighted by Crippen LogP contribution is 2.35. The molecule has 0 aliphatic carbocycles. The van der Waals surface area contributed by atoms with Crippen LogP contribution in [0.1, 0.15) is 29.8 Å². The van der Waals surface area contributed by atoms with Crippen LogP contribution in [0.2, 0.25) is 5.02 Å². The van der Waals surface area contributed by atoms with Crippen LogP contribution in [-0.2, 0) is 14.3 Å². The minimum absolute atomic E-state index is 0.130. The molecule has 0 bridgehead atoms. The van der Waals surface area contributed by atoms with Crippen molar-refractivity contribution < 1.29 is 24.2 Å². The lowest BCUT2D eigenvalue weighted by Crippen LogP contribution is -2.24. The van der Waals surface area contributed by atoms with E-state index in [1.165, 1.54) is 17.0 Å². The van der Waals surface area contributed by atoms with Gasteiger partial charge in [0, 0.05) is 16.4 Å². The van der Waals surface area contributed by atoms with Crippen molar-refractivity contribution in [2.45, 2.75) is 13.8 Å². The Hall–Kier alpha value is -3.38. The number of anilines is 1. The molecule has 0 saturated heterocycles. The summed E-state index contributed by atoms with van der Waals surface area (Å²) in [6.45, 7) is 3.54. The van der Waals surface area contributed by atoms with Crippen LogP contribution < -0.4 is 4.90 Å². The minimum Gasteiger partial charge on any atom is -0.478 e. The maximum Gasteiger partial charge on any atom is 0.340 e. The Kier molecular flexibility index (Phi) is 5.84. The number of allylic oxidation sites excluding steroid dienone is 1. The summed E-state index contributed by atoms with van der Waals surface area (Å²) in [5.41, 5.74) is 2.09. The molecule has 1 N–H and O–H groups in total. The number of amides is 1. The van der Waals surface area contributed by atoms with Crippen LogP contribution in [0.5, 0.6) is 0 Å². The fourth-order valence-electron chi connectivity index (χ4n) is 3.07. The van der Waals surface area contributed by atoms with Crippen molar-refractivity contribution in [1.29, 1.82) is 0 Å². The maximum absolute atomic E-state index is 13.2. The summed E-state index contributed by atoms with van der Waals surface area (Å²) in [5.74, 6) is -2.02. The van der Waals surface area contributed by atoms with Crippen LogP contribution in [0, 0.1) is 0 Å². The largest absolute Gasteiger partial charge is 0.478 e. The Labute approximate surface area is 172 Å². The van der Waals surface area contributed by atoms with Crippen LogP contribution in [0.15, 0.2) is 65.4 Å². The van der Waals surface area contributed by atoms with E-state index >= 15 is 0 Å². The number of nitrogens with zero attached hydrogens (tertiary/aromatic N) is 1. The number of carboxylic acids is 1. The second-order valence-corrected chi connectivity index (χ2v) is 6.72. The Morgan fingerprint density at radius 1 is 1.10 bits per heavy atom. The van der Waals surface area contributed by atoms with E-state index in [-0.39, 0.29) is 29.2 Å². The highest BCUT2D eigenvalue weighted by molar-refractivity contribution is 6.30. The molecule has 1 amide bonds. The fraction of sp³-hybridized carbons (Fsp3) is 0.136. The van der Waals surface area contributed by atoms with Crippen LogP contribution in [0.3, 0.4) is 0 Å². The molecule has 6 nitrogen and oxygen atoms in total. The van der Waals surface area contributed by atoms with Gasteiger partial charge in [0.15, 0.2) is 0 Å². The van der Waals surface area contributed by atoms with Crippen molar-refractivity contribution in [2.75, 3.05) is 11.5 Å². The molecule has 1 aliphatic heterocycles. The first-order valence-electron chi connectivity index (χ1n) is 8.87. The lowest BCUT2D eigenvalue weighted by molar-refractivity contribution is -0.138. The quantitative estimate of drug-likeness (QED) is 0.585. The summed E-state index contributed by atoms with van der Waals surface area (Å²) in [5, 5.41) is 9.57. The molecule has 0 radical (unpaired) electrons. The van der Waals surface area contributed by atoms with Crippen molar-refractivity contribution in [3.63, 3.8) is 0 Å². The number of hydrogen-bond donors (Lipinski definition) is 1. The smallest absolute Gasteiger partial charge is 0.340 e. The van der Waals surface area contributed by atoms with Crippen LogP contribution in [-0.4, -0.2) is 29.6 Å². The molecule has 1 aliphatic rings. The van der Waals surface area contributed by atoms with E-state index in [4.69, 9.17) is 21.4 Å². The van der Waals surface area contributed by atoms with Gasteiger partial charge >= 0.3 is 11.9 Å². The summed E-state index contributed by atoms with van der Waals surface area (Å²) < 4.78 is 5.15. The van der Waals surface area contributed by atoms with Crippen LogP contribution in [0.4, 0.5) is 5.69 Å². The Morgan fingerprint density at radius 3 is 2.28 bits per heavy atom. The molecule has 148 valence electrons. The zero-order chi connectivity index (χ0) is 21.1. The van der Waals surface area contributed by atoms with Crippen LogP contribution in [0.25, 0.3) is 6.08 Å². The highest BCUT2D eigenvalue weighted by Gasteiger charge is 2.38. The van der Waals surface area contributed by atoms with E-state index in [0.29, 0.717) is 22.0 Å². The average molecular weight is 412 g/mol. The van der Waals surface area contributed by atoms with E-state index in [9.17, 15) is 14.4 Å². The lowest BCUT2D eigenvalue weighted by atomic mass is 10.0. The molecular formula is C22H18ClNO5. The van der Waals surface area contributed by atoms with E-state index in [0.717, 1.165) is 0 Å². The van der Waals surface area contributed by atoms with Gasteiger partial charge in [-0.15, -0.1) is 0 Å². The van der Waals surface area contributed by atoms with E-state index in [2.05, 4.69) is 0 Å². The second kappa shape index (κ2) is 8.32. The van der Waals surface area contributed by atoms with Gasteiger partial charge in [0.1, 0.15) is 0 Å². The van der Waals surface area contributed by atoms with Gasteiger partial charge in [-0.1, -0.05) is 23.7 Å². The molecule has 0 saturated carbocycles. The third kappa shape index (κ3) is 4.07. The summed E-state index contributed by atoms with van der Waals surface area (Å²) >= 11 is 5.94. The number of carboxylic acid groups (broad SMARTS) is 1. The van der Waals surface area contributed by atoms with Crippen molar-refractivity contribution in [1.82, 2.24) is 0 Å². The van der Waals surface area contributed by atoms with E-state index in [1.54, 1.807) is 56.3 Å². The summed E-state index contributed by atoms with van der Waals surface area (Å²) in [7, 11) is 0. The molecule has 0 spiro atoms.